The Kier molecular flexibility index (Phi) is 4.68. The molecule has 1 N–H and O–H groups in total. The van der Waals surface area contributed by atoms with Crippen LogP contribution in [-0.4, -0.2) is 16.1 Å². The molecule has 2 aromatic rings. The Labute approximate surface area is 113 Å². The van der Waals surface area contributed by atoms with Crippen molar-refractivity contribution in [2.75, 3.05) is 6.54 Å². The quantitative estimate of drug-likeness (QED) is 0.866. The van der Waals surface area contributed by atoms with E-state index in [2.05, 4.69) is 17.2 Å². The summed E-state index contributed by atoms with van der Waals surface area (Å²) < 4.78 is 16.1. The van der Waals surface area contributed by atoms with E-state index in [0.717, 1.165) is 30.8 Å². The van der Waals surface area contributed by atoms with Crippen LogP contribution >= 0.6 is 0 Å². The average molecular weight is 261 g/mol. The summed E-state index contributed by atoms with van der Waals surface area (Å²) in [5.74, 6) is 0.705. The summed E-state index contributed by atoms with van der Waals surface area (Å²) in [7, 11) is 0. The Balaban J connectivity index is 2.44. The van der Waals surface area contributed by atoms with Crippen molar-refractivity contribution in [3.63, 3.8) is 0 Å². The van der Waals surface area contributed by atoms with Gasteiger partial charge in [-0.15, -0.1) is 0 Å². The number of aromatic nitrogens is 2. The van der Waals surface area contributed by atoms with Crippen LogP contribution in [0.2, 0.25) is 0 Å². The first-order valence-corrected chi connectivity index (χ1v) is 6.78. The molecular formula is C15H20FN3. The molecule has 0 aliphatic heterocycles. The molecule has 0 aliphatic rings. The predicted octanol–water partition coefficient (Wildman–Crippen LogP) is 3.07. The summed E-state index contributed by atoms with van der Waals surface area (Å²) in [5.41, 5.74) is 1.57. The van der Waals surface area contributed by atoms with E-state index in [0.29, 0.717) is 12.2 Å². The highest BCUT2D eigenvalue weighted by Gasteiger charge is 2.13. The predicted molar refractivity (Wildman–Crippen MR) is 74.9 cm³/mol. The highest BCUT2D eigenvalue weighted by Crippen LogP contribution is 2.21. The third-order valence-corrected chi connectivity index (χ3v) is 3.07. The van der Waals surface area contributed by atoms with Gasteiger partial charge in [0.25, 0.3) is 0 Å². The van der Waals surface area contributed by atoms with Crippen LogP contribution in [0, 0.1) is 5.82 Å². The Morgan fingerprint density at radius 3 is 2.89 bits per heavy atom. The van der Waals surface area contributed by atoms with Crippen molar-refractivity contribution in [3.8, 4) is 5.69 Å². The van der Waals surface area contributed by atoms with Crippen LogP contribution in [0.3, 0.4) is 0 Å². The second-order valence-corrected chi connectivity index (χ2v) is 4.49. The molecule has 0 saturated carbocycles. The lowest BCUT2D eigenvalue weighted by molar-refractivity contribution is 0.606. The highest BCUT2D eigenvalue weighted by atomic mass is 19.1. The second kappa shape index (κ2) is 6.48. The average Bonchev–Trinajstić information content (AvgIpc) is 2.85. The van der Waals surface area contributed by atoms with Gasteiger partial charge in [0.1, 0.15) is 11.6 Å². The number of imidazole rings is 1. The maximum Gasteiger partial charge on any atom is 0.147 e. The molecule has 19 heavy (non-hydrogen) atoms. The number of nitrogens with one attached hydrogen (secondary N) is 1. The fourth-order valence-corrected chi connectivity index (χ4v) is 2.18. The van der Waals surface area contributed by atoms with E-state index in [1.165, 1.54) is 6.07 Å². The van der Waals surface area contributed by atoms with Crippen molar-refractivity contribution in [1.29, 1.82) is 0 Å². The molecule has 0 atom stereocenters. The van der Waals surface area contributed by atoms with Crippen LogP contribution in [0.4, 0.5) is 4.39 Å². The molecule has 1 heterocycles. The second-order valence-electron chi connectivity index (χ2n) is 4.49. The molecule has 1 aromatic heterocycles. The maximum atomic E-state index is 14.2. The summed E-state index contributed by atoms with van der Waals surface area (Å²) in [6, 6.07) is 5.21. The Morgan fingerprint density at radius 1 is 1.32 bits per heavy atom. The molecule has 0 saturated heterocycles. The zero-order valence-corrected chi connectivity index (χ0v) is 11.5. The zero-order chi connectivity index (χ0) is 13.7. The number of nitrogens with zero attached hydrogens (tertiary/aromatic N) is 2. The molecule has 0 aliphatic carbocycles. The topological polar surface area (TPSA) is 29.9 Å². The summed E-state index contributed by atoms with van der Waals surface area (Å²) in [4.78, 5) is 4.32. The Bertz CT molecular complexity index is 534. The largest absolute Gasteiger partial charge is 0.313 e. The smallest absolute Gasteiger partial charge is 0.147 e. The van der Waals surface area contributed by atoms with Gasteiger partial charge in [-0.1, -0.05) is 26.0 Å². The minimum atomic E-state index is -0.203. The molecule has 0 bridgehead atoms. The van der Waals surface area contributed by atoms with Crippen LogP contribution in [0.25, 0.3) is 5.69 Å². The number of hydrogen-bond donors (Lipinski definition) is 1. The molecular weight excluding hydrogens is 241 g/mol. The SMILES string of the molecule is CCCc1nccn1-c1c(F)cccc1CNCC. The number of rotatable bonds is 6. The van der Waals surface area contributed by atoms with Crippen molar-refractivity contribution in [1.82, 2.24) is 14.9 Å². The molecule has 2 rings (SSSR count). The van der Waals surface area contributed by atoms with Crippen molar-refractivity contribution < 1.29 is 4.39 Å². The van der Waals surface area contributed by atoms with E-state index in [4.69, 9.17) is 0 Å². The first-order valence-electron chi connectivity index (χ1n) is 6.78. The van der Waals surface area contributed by atoms with Gasteiger partial charge in [-0.2, -0.15) is 0 Å². The number of hydrogen-bond acceptors (Lipinski definition) is 2. The van der Waals surface area contributed by atoms with E-state index in [1.54, 1.807) is 12.3 Å². The zero-order valence-electron chi connectivity index (χ0n) is 11.5. The monoisotopic (exact) mass is 261 g/mol. The van der Waals surface area contributed by atoms with E-state index < -0.39 is 0 Å². The fourth-order valence-electron chi connectivity index (χ4n) is 2.18. The third kappa shape index (κ3) is 3.01. The van der Waals surface area contributed by atoms with E-state index in [-0.39, 0.29) is 5.82 Å². The van der Waals surface area contributed by atoms with Crippen molar-refractivity contribution in [2.24, 2.45) is 0 Å². The minimum absolute atomic E-state index is 0.203. The normalized spacial score (nSPS) is 10.9. The lowest BCUT2D eigenvalue weighted by Gasteiger charge is -2.14. The first kappa shape index (κ1) is 13.7. The van der Waals surface area contributed by atoms with Gasteiger partial charge in [0, 0.05) is 25.4 Å². The maximum absolute atomic E-state index is 14.2. The number of halogens is 1. The van der Waals surface area contributed by atoms with E-state index >= 15 is 0 Å². The van der Waals surface area contributed by atoms with Crippen LogP contribution in [0.5, 0.6) is 0 Å². The minimum Gasteiger partial charge on any atom is -0.313 e. The molecule has 0 amide bonds. The lowest BCUT2D eigenvalue weighted by atomic mass is 10.1. The lowest BCUT2D eigenvalue weighted by Crippen LogP contribution is -2.15. The van der Waals surface area contributed by atoms with Crippen LogP contribution in [0.1, 0.15) is 31.7 Å². The fraction of sp³-hybridized carbons (Fsp3) is 0.400. The molecule has 4 heteroatoms. The standard InChI is InChI=1S/C15H20FN3/c1-3-6-14-18-9-10-19(14)15-12(11-17-4-2)7-5-8-13(15)16/h5,7-10,17H,3-4,6,11H2,1-2H3. The molecule has 0 fully saturated rings. The Morgan fingerprint density at radius 2 is 2.16 bits per heavy atom. The van der Waals surface area contributed by atoms with Gasteiger partial charge >= 0.3 is 0 Å². The summed E-state index contributed by atoms with van der Waals surface area (Å²) in [6.45, 7) is 5.66. The van der Waals surface area contributed by atoms with Crippen LogP contribution < -0.4 is 5.32 Å². The van der Waals surface area contributed by atoms with Crippen molar-refractivity contribution in [2.45, 2.75) is 33.2 Å². The van der Waals surface area contributed by atoms with Crippen LogP contribution in [0.15, 0.2) is 30.6 Å². The Hall–Kier alpha value is -1.68. The van der Waals surface area contributed by atoms with Crippen molar-refractivity contribution in [3.05, 3.63) is 47.8 Å². The molecule has 102 valence electrons. The number of benzene rings is 1. The van der Waals surface area contributed by atoms with Gasteiger partial charge in [-0.3, -0.25) is 0 Å². The molecule has 0 unspecified atom stereocenters. The molecule has 3 nitrogen and oxygen atoms in total. The van der Waals surface area contributed by atoms with Gasteiger partial charge in [0.2, 0.25) is 0 Å². The molecule has 0 spiro atoms. The van der Waals surface area contributed by atoms with Gasteiger partial charge in [0.15, 0.2) is 0 Å². The molecule has 1 aromatic carbocycles. The first-order chi connectivity index (χ1) is 9.27. The highest BCUT2D eigenvalue weighted by molar-refractivity contribution is 5.43. The van der Waals surface area contributed by atoms with Gasteiger partial charge < -0.3 is 9.88 Å². The van der Waals surface area contributed by atoms with Gasteiger partial charge in [-0.25, -0.2) is 9.37 Å². The van der Waals surface area contributed by atoms with Crippen LogP contribution in [-0.2, 0) is 13.0 Å². The van der Waals surface area contributed by atoms with Gasteiger partial charge in [-0.05, 0) is 24.6 Å². The summed E-state index contributed by atoms with van der Waals surface area (Å²) >= 11 is 0. The van der Waals surface area contributed by atoms with Gasteiger partial charge in [0.05, 0.1) is 5.69 Å². The summed E-state index contributed by atoms with van der Waals surface area (Å²) in [5, 5.41) is 3.25. The summed E-state index contributed by atoms with van der Waals surface area (Å²) in [6.07, 6.45) is 5.41. The van der Waals surface area contributed by atoms with Crippen molar-refractivity contribution >= 4 is 0 Å². The van der Waals surface area contributed by atoms with E-state index in [1.807, 2.05) is 23.8 Å². The third-order valence-electron chi connectivity index (χ3n) is 3.07. The van der Waals surface area contributed by atoms with E-state index in [9.17, 15) is 4.39 Å². The number of aryl methyl sites for hydroxylation is 1. The number of para-hydroxylation sites is 1. The molecule has 0 radical (unpaired) electrons.